The van der Waals surface area contributed by atoms with Gasteiger partial charge in [0.2, 0.25) is 5.91 Å². The molecule has 0 atom stereocenters. The molecule has 2 aromatic rings. The number of benzene rings is 1. The Bertz CT molecular complexity index is 753. The van der Waals surface area contributed by atoms with Crippen LogP contribution in [0.1, 0.15) is 41.7 Å². The van der Waals surface area contributed by atoms with Gasteiger partial charge >= 0.3 is 6.18 Å². The molecule has 1 aromatic carbocycles. The Balaban J connectivity index is 1.48. The molecule has 2 heterocycles. The highest BCUT2D eigenvalue weighted by Gasteiger charge is 2.29. The second-order valence-electron chi connectivity index (χ2n) is 6.65. The first-order valence-electron chi connectivity index (χ1n) is 8.88. The second kappa shape index (κ2) is 8.84. The number of ether oxygens (including phenoxy) is 1. The fourth-order valence-electron chi connectivity index (χ4n) is 3.01. The number of halogens is 3. The molecule has 1 aliphatic heterocycles. The number of rotatable bonds is 6. The molecule has 27 heavy (non-hydrogen) atoms. The van der Waals surface area contributed by atoms with E-state index in [0.717, 1.165) is 55.0 Å². The van der Waals surface area contributed by atoms with Crippen molar-refractivity contribution in [2.75, 3.05) is 18.5 Å². The monoisotopic (exact) mass is 398 g/mol. The Morgan fingerprint density at radius 1 is 1.22 bits per heavy atom. The second-order valence-corrected chi connectivity index (χ2v) is 7.76. The minimum absolute atomic E-state index is 0.0584. The van der Waals surface area contributed by atoms with E-state index in [2.05, 4.69) is 10.3 Å². The summed E-state index contributed by atoms with van der Waals surface area (Å²) in [6.07, 6.45) is 1.11. The van der Waals surface area contributed by atoms with Gasteiger partial charge in [-0.3, -0.25) is 4.79 Å². The van der Waals surface area contributed by atoms with E-state index in [1.54, 1.807) is 6.20 Å². The van der Waals surface area contributed by atoms with E-state index < -0.39 is 11.7 Å². The van der Waals surface area contributed by atoms with Crippen LogP contribution in [0.2, 0.25) is 0 Å². The third kappa shape index (κ3) is 6.04. The lowest BCUT2D eigenvalue weighted by atomic mass is 9.95. The average Bonchev–Trinajstić information content (AvgIpc) is 3.07. The predicted octanol–water partition coefficient (Wildman–Crippen LogP) is 4.90. The summed E-state index contributed by atoms with van der Waals surface area (Å²) in [5.41, 5.74) is 0.108. The molecule has 0 unspecified atom stereocenters. The van der Waals surface area contributed by atoms with E-state index in [4.69, 9.17) is 4.74 Å². The van der Waals surface area contributed by atoms with Gasteiger partial charge in [0, 0.05) is 37.1 Å². The number of nitrogens with one attached hydrogen (secondary N) is 1. The van der Waals surface area contributed by atoms with Crippen molar-refractivity contribution in [3.63, 3.8) is 0 Å². The van der Waals surface area contributed by atoms with E-state index in [9.17, 15) is 18.0 Å². The van der Waals surface area contributed by atoms with Gasteiger partial charge in [-0.2, -0.15) is 13.2 Å². The van der Waals surface area contributed by atoms with E-state index >= 15 is 0 Å². The number of anilines is 1. The van der Waals surface area contributed by atoms with Crippen LogP contribution in [0.15, 0.2) is 30.5 Å². The van der Waals surface area contributed by atoms with Crippen LogP contribution in [0.25, 0.3) is 0 Å². The van der Waals surface area contributed by atoms with Crippen LogP contribution in [0.5, 0.6) is 0 Å². The molecule has 1 fully saturated rings. The predicted molar refractivity (Wildman–Crippen MR) is 97.8 cm³/mol. The molecule has 4 nitrogen and oxygen atoms in total. The number of nitrogens with zero attached hydrogens (tertiary/aromatic N) is 1. The van der Waals surface area contributed by atoms with Crippen molar-refractivity contribution in [1.82, 2.24) is 4.98 Å². The summed E-state index contributed by atoms with van der Waals surface area (Å²) in [5.74, 6) is 0.480. The summed E-state index contributed by atoms with van der Waals surface area (Å²) in [6, 6.07) is 5.09. The molecule has 0 aliphatic carbocycles. The van der Waals surface area contributed by atoms with Crippen LogP contribution in [-0.4, -0.2) is 24.1 Å². The van der Waals surface area contributed by atoms with E-state index in [1.807, 2.05) is 0 Å². The summed E-state index contributed by atoms with van der Waals surface area (Å²) in [4.78, 5) is 17.1. The van der Waals surface area contributed by atoms with Crippen LogP contribution in [0.4, 0.5) is 18.3 Å². The third-order valence-corrected chi connectivity index (χ3v) is 5.49. The van der Waals surface area contributed by atoms with Crippen LogP contribution in [0.3, 0.4) is 0 Å². The van der Waals surface area contributed by atoms with E-state index in [-0.39, 0.29) is 5.91 Å². The Morgan fingerprint density at radius 3 is 2.59 bits per heavy atom. The molecule has 8 heteroatoms. The zero-order valence-electron chi connectivity index (χ0n) is 14.7. The summed E-state index contributed by atoms with van der Waals surface area (Å²) in [5, 5.41) is 3.33. The molecule has 1 saturated heterocycles. The number of thiazole rings is 1. The van der Waals surface area contributed by atoms with Crippen molar-refractivity contribution in [3.05, 3.63) is 46.5 Å². The highest BCUT2D eigenvalue weighted by Crippen LogP contribution is 2.30. The summed E-state index contributed by atoms with van der Waals surface area (Å²) in [7, 11) is 0. The fraction of sp³-hybridized carbons (Fsp3) is 0.474. The minimum Gasteiger partial charge on any atom is -0.381 e. The number of hydrogen-bond acceptors (Lipinski definition) is 4. The first kappa shape index (κ1) is 19.8. The molecule has 1 amide bonds. The Morgan fingerprint density at radius 2 is 1.93 bits per heavy atom. The molecule has 0 saturated carbocycles. The highest BCUT2D eigenvalue weighted by molar-refractivity contribution is 7.15. The molecule has 3 rings (SSSR count). The molecule has 0 radical (unpaired) electrons. The molecule has 146 valence electrons. The molecule has 0 bridgehead atoms. The quantitative estimate of drug-likeness (QED) is 0.753. The van der Waals surface area contributed by atoms with Crippen LogP contribution < -0.4 is 5.32 Å². The molecular weight excluding hydrogens is 377 g/mol. The highest BCUT2D eigenvalue weighted by atomic mass is 32.1. The SMILES string of the molecule is O=C(CCC1CCOCC1)Nc1ncc(Cc2ccc(C(F)(F)F)cc2)s1. The fourth-order valence-corrected chi connectivity index (χ4v) is 3.87. The van der Waals surface area contributed by atoms with Crippen molar-refractivity contribution < 1.29 is 22.7 Å². The van der Waals surface area contributed by atoms with Gasteiger partial charge in [0.25, 0.3) is 0 Å². The number of hydrogen-bond donors (Lipinski definition) is 1. The van der Waals surface area contributed by atoms with Crippen LogP contribution in [0, 0.1) is 5.92 Å². The van der Waals surface area contributed by atoms with Gasteiger partial charge in [-0.05, 0) is 42.9 Å². The first-order valence-corrected chi connectivity index (χ1v) is 9.70. The maximum absolute atomic E-state index is 12.6. The Kier molecular flexibility index (Phi) is 6.49. The number of aromatic nitrogens is 1. The summed E-state index contributed by atoms with van der Waals surface area (Å²) in [6.45, 7) is 1.54. The lowest BCUT2D eigenvalue weighted by Gasteiger charge is -2.21. The van der Waals surface area contributed by atoms with Gasteiger partial charge in [0.05, 0.1) is 5.56 Å². The number of amides is 1. The first-order chi connectivity index (χ1) is 12.9. The molecule has 1 aliphatic rings. The number of alkyl halides is 3. The topological polar surface area (TPSA) is 51.2 Å². The van der Waals surface area contributed by atoms with Crippen molar-refractivity contribution >= 4 is 22.4 Å². The maximum Gasteiger partial charge on any atom is 0.416 e. The zero-order valence-corrected chi connectivity index (χ0v) is 15.5. The zero-order chi connectivity index (χ0) is 19.3. The third-order valence-electron chi connectivity index (χ3n) is 4.58. The Hall–Kier alpha value is -1.93. The number of carbonyl (C=O) groups is 1. The molecule has 1 N–H and O–H groups in total. The lowest BCUT2D eigenvalue weighted by Crippen LogP contribution is -2.18. The number of carbonyl (C=O) groups excluding carboxylic acids is 1. The van der Waals surface area contributed by atoms with Gasteiger partial charge in [0.1, 0.15) is 0 Å². The maximum atomic E-state index is 12.6. The van der Waals surface area contributed by atoms with Crippen molar-refractivity contribution in [2.45, 2.75) is 38.3 Å². The van der Waals surface area contributed by atoms with Crippen molar-refractivity contribution in [1.29, 1.82) is 0 Å². The van der Waals surface area contributed by atoms with Gasteiger partial charge in [-0.25, -0.2) is 4.98 Å². The minimum atomic E-state index is -4.33. The average molecular weight is 398 g/mol. The van der Waals surface area contributed by atoms with E-state index in [1.165, 1.54) is 23.5 Å². The smallest absolute Gasteiger partial charge is 0.381 e. The van der Waals surface area contributed by atoms with Crippen LogP contribution >= 0.6 is 11.3 Å². The van der Waals surface area contributed by atoms with Gasteiger partial charge in [0.15, 0.2) is 5.13 Å². The van der Waals surface area contributed by atoms with Gasteiger partial charge in [-0.15, -0.1) is 11.3 Å². The van der Waals surface area contributed by atoms with Crippen molar-refractivity contribution in [3.8, 4) is 0 Å². The normalized spacial score (nSPS) is 15.7. The largest absolute Gasteiger partial charge is 0.416 e. The Labute approximate surface area is 159 Å². The van der Waals surface area contributed by atoms with Crippen molar-refractivity contribution in [2.24, 2.45) is 5.92 Å². The lowest BCUT2D eigenvalue weighted by molar-refractivity contribution is -0.137. The molecule has 0 spiro atoms. The molecular formula is C19H21F3N2O2S. The van der Waals surface area contributed by atoms with Crippen LogP contribution in [-0.2, 0) is 22.1 Å². The van der Waals surface area contributed by atoms with Gasteiger partial charge in [-0.1, -0.05) is 12.1 Å². The summed E-state index contributed by atoms with van der Waals surface area (Å²) < 4.78 is 43.1. The van der Waals surface area contributed by atoms with Gasteiger partial charge < -0.3 is 10.1 Å². The van der Waals surface area contributed by atoms with E-state index in [0.29, 0.717) is 23.9 Å². The molecule has 1 aromatic heterocycles. The summed E-state index contributed by atoms with van der Waals surface area (Å²) >= 11 is 1.34. The standard InChI is InChI=1S/C19H21F3N2O2S/c20-19(21,22)15-4-1-14(2-5-15)11-16-12-23-18(27-16)24-17(25)6-3-13-7-9-26-10-8-13/h1-2,4-5,12-13H,3,6-11H2,(H,23,24,25).